The fourth-order valence-corrected chi connectivity index (χ4v) is 2.97. The van der Waals surface area contributed by atoms with Crippen LogP contribution in [0.3, 0.4) is 0 Å². The van der Waals surface area contributed by atoms with Gasteiger partial charge >= 0.3 is 0 Å². The summed E-state index contributed by atoms with van der Waals surface area (Å²) in [4.78, 5) is 7.95. The normalized spacial score (nSPS) is 11.3. The number of fused-ring (bicyclic) bond motifs is 1. The van der Waals surface area contributed by atoms with Gasteiger partial charge in [0.1, 0.15) is 27.7 Å². The van der Waals surface area contributed by atoms with E-state index in [-0.39, 0.29) is 17.2 Å². The van der Waals surface area contributed by atoms with Gasteiger partial charge in [-0.1, -0.05) is 0 Å². The SMILES string of the molecule is N#CCC(N)=O.O=S(=O)(O)c1cc2cc(S(=O)(=O)O)c(O)cc2cc1O. The number of carbonyl (C=O) groups is 1. The van der Waals surface area contributed by atoms with Gasteiger partial charge in [0.05, 0.1) is 6.07 Å². The summed E-state index contributed by atoms with van der Waals surface area (Å²) in [6.45, 7) is 0. The summed E-state index contributed by atoms with van der Waals surface area (Å²) in [7, 11) is -9.42. The molecule has 2 aromatic rings. The Labute approximate surface area is 147 Å². The molecule has 2 rings (SSSR count). The average Bonchev–Trinajstić information content (AvgIpc) is 2.44. The van der Waals surface area contributed by atoms with Gasteiger partial charge in [-0.05, 0) is 35.0 Å². The van der Waals surface area contributed by atoms with Crippen LogP contribution >= 0.6 is 0 Å². The topological polar surface area (TPSA) is 216 Å². The van der Waals surface area contributed by atoms with E-state index in [9.17, 15) is 31.8 Å². The van der Waals surface area contributed by atoms with Gasteiger partial charge < -0.3 is 15.9 Å². The number of aromatic hydroxyl groups is 2. The lowest BCUT2D eigenvalue weighted by Gasteiger charge is -2.07. The third kappa shape index (κ3) is 5.29. The third-order valence-electron chi connectivity index (χ3n) is 2.80. The summed E-state index contributed by atoms with van der Waals surface area (Å²) < 4.78 is 61.9. The highest BCUT2D eigenvalue weighted by Crippen LogP contribution is 2.33. The quantitative estimate of drug-likeness (QED) is 0.435. The molecule has 1 amide bonds. The first-order chi connectivity index (χ1) is 11.8. The number of amides is 1. The molecule has 0 fully saturated rings. The van der Waals surface area contributed by atoms with Gasteiger partial charge in [-0.3, -0.25) is 13.9 Å². The lowest BCUT2D eigenvalue weighted by Crippen LogP contribution is -2.07. The fraction of sp³-hybridized carbons (Fsp3) is 0.0769. The molecule has 0 aliphatic rings. The Balaban J connectivity index is 0.000000487. The Morgan fingerprint density at radius 3 is 1.50 bits per heavy atom. The van der Waals surface area contributed by atoms with Gasteiger partial charge in [-0.2, -0.15) is 22.1 Å². The molecule has 140 valence electrons. The lowest BCUT2D eigenvalue weighted by atomic mass is 10.1. The number of phenols is 2. The second-order valence-corrected chi connectivity index (χ2v) is 7.52. The van der Waals surface area contributed by atoms with Crippen molar-refractivity contribution in [1.82, 2.24) is 0 Å². The van der Waals surface area contributed by atoms with Crippen LogP contribution in [0.1, 0.15) is 6.42 Å². The van der Waals surface area contributed by atoms with Crippen LogP contribution in [0.2, 0.25) is 0 Å². The summed E-state index contributed by atoms with van der Waals surface area (Å²) in [5.74, 6) is -2.10. The largest absolute Gasteiger partial charge is 0.506 e. The summed E-state index contributed by atoms with van der Waals surface area (Å²) in [5, 5.41) is 26.7. The van der Waals surface area contributed by atoms with Gasteiger partial charge in [0.2, 0.25) is 5.91 Å². The maximum absolute atomic E-state index is 11.0. The minimum atomic E-state index is -4.71. The molecule has 0 atom stereocenters. The molecule has 11 nitrogen and oxygen atoms in total. The first kappa shape index (κ1) is 21.1. The number of benzene rings is 2. The van der Waals surface area contributed by atoms with Crippen LogP contribution < -0.4 is 5.73 Å². The smallest absolute Gasteiger partial charge is 0.298 e. The number of primary amides is 1. The number of hydrogen-bond donors (Lipinski definition) is 5. The van der Waals surface area contributed by atoms with Crippen molar-refractivity contribution >= 4 is 36.9 Å². The number of hydrogen-bond acceptors (Lipinski definition) is 8. The molecular weight excluding hydrogens is 392 g/mol. The summed E-state index contributed by atoms with van der Waals surface area (Å²) in [6.07, 6.45) is -0.181. The van der Waals surface area contributed by atoms with Crippen molar-refractivity contribution in [1.29, 1.82) is 5.26 Å². The number of nitrogens with zero attached hydrogens (tertiary/aromatic N) is 1. The Kier molecular flexibility index (Phi) is 6.12. The molecule has 2 aromatic carbocycles. The van der Waals surface area contributed by atoms with Crippen molar-refractivity contribution in [2.24, 2.45) is 5.73 Å². The predicted molar refractivity (Wildman–Crippen MR) is 86.3 cm³/mol. The standard InChI is InChI=1S/C10H8O8S2.C3H4N2O/c11-7-1-5-2-8(12)10(20(16,17)18)4-6(5)3-9(7)19(13,14)15;4-2-1-3(5)6/h1-4,11-12H,(H,13,14,15)(H,16,17,18);1H2,(H2,5,6). The van der Waals surface area contributed by atoms with Gasteiger partial charge in [0.25, 0.3) is 20.2 Å². The van der Waals surface area contributed by atoms with Crippen LogP contribution in [0.15, 0.2) is 34.1 Å². The zero-order chi connectivity index (χ0) is 20.3. The summed E-state index contributed by atoms with van der Waals surface area (Å²) in [6, 6.07) is 5.06. The highest BCUT2D eigenvalue weighted by atomic mass is 32.2. The van der Waals surface area contributed by atoms with E-state index in [1.165, 1.54) is 0 Å². The fourth-order valence-electron chi connectivity index (χ4n) is 1.78. The first-order valence-corrected chi connectivity index (χ1v) is 9.25. The van der Waals surface area contributed by atoms with Crippen molar-refractivity contribution in [2.45, 2.75) is 16.2 Å². The molecule has 0 aliphatic carbocycles. The maximum atomic E-state index is 11.0. The van der Waals surface area contributed by atoms with E-state index in [1.54, 1.807) is 6.07 Å². The van der Waals surface area contributed by atoms with Gasteiger partial charge in [0.15, 0.2) is 0 Å². The molecule has 0 aromatic heterocycles. The highest BCUT2D eigenvalue weighted by molar-refractivity contribution is 7.86. The van der Waals surface area contributed by atoms with E-state index in [0.717, 1.165) is 24.3 Å². The second-order valence-electron chi connectivity index (χ2n) is 4.74. The highest BCUT2D eigenvalue weighted by Gasteiger charge is 2.20. The average molecular weight is 404 g/mol. The predicted octanol–water partition coefficient (Wildman–Crippen LogP) is 0.130. The van der Waals surface area contributed by atoms with Gasteiger partial charge in [-0.15, -0.1) is 0 Å². The number of rotatable bonds is 3. The molecule has 0 spiro atoms. The molecule has 0 radical (unpaired) electrons. The monoisotopic (exact) mass is 404 g/mol. The van der Waals surface area contributed by atoms with Crippen LogP contribution in [-0.2, 0) is 25.0 Å². The van der Waals surface area contributed by atoms with Gasteiger partial charge in [0, 0.05) is 0 Å². The number of nitriles is 1. The Morgan fingerprint density at radius 2 is 1.27 bits per heavy atom. The van der Waals surface area contributed by atoms with Crippen molar-refractivity contribution in [2.75, 3.05) is 0 Å². The Bertz CT molecular complexity index is 1040. The van der Waals surface area contributed by atoms with Crippen molar-refractivity contribution in [3.05, 3.63) is 24.3 Å². The van der Waals surface area contributed by atoms with Crippen LogP contribution in [0.25, 0.3) is 10.8 Å². The van der Waals surface area contributed by atoms with Crippen LogP contribution in [0.4, 0.5) is 0 Å². The molecule has 0 saturated heterocycles. The lowest BCUT2D eigenvalue weighted by molar-refractivity contribution is -0.117. The first-order valence-electron chi connectivity index (χ1n) is 6.37. The molecule has 0 unspecified atom stereocenters. The van der Waals surface area contributed by atoms with Crippen molar-refractivity contribution < 1.29 is 40.9 Å². The number of carbonyl (C=O) groups excluding carboxylic acids is 1. The maximum Gasteiger partial charge on any atom is 0.298 e. The van der Waals surface area contributed by atoms with E-state index >= 15 is 0 Å². The van der Waals surface area contributed by atoms with E-state index < -0.39 is 47.4 Å². The minimum Gasteiger partial charge on any atom is -0.506 e. The number of phenolic OH excluding ortho intramolecular Hbond substituents is 2. The van der Waals surface area contributed by atoms with Gasteiger partial charge in [-0.25, -0.2) is 0 Å². The summed E-state index contributed by atoms with van der Waals surface area (Å²) >= 11 is 0. The molecule has 0 heterocycles. The summed E-state index contributed by atoms with van der Waals surface area (Å²) in [5.41, 5.74) is 4.54. The van der Waals surface area contributed by atoms with E-state index in [4.69, 9.17) is 14.4 Å². The zero-order valence-electron chi connectivity index (χ0n) is 12.7. The number of nitrogens with two attached hydrogens (primary N) is 1. The molecular formula is C13H12N2O9S2. The van der Waals surface area contributed by atoms with E-state index in [2.05, 4.69) is 5.73 Å². The molecule has 26 heavy (non-hydrogen) atoms. The minimum absolute atomic E-state index is 0.0270. The molecule has 0 bridgehead atoms. The molecule has 0 aliphatic heterocycles. The molecule has 6 N–H and O–H groups in total. The Morgan fingerprint density at radius 1 is 0.923 bits per heavy atom. The third-order valence-corrected chi connectivity index (χ3v) is 4.57. The van der Waals surface area contributed by atoms with E-state index in [1.807, 2.05) is 0 Å². The van der Waals surface area contributed by atoms with E-state index in [0.29, 0.717) is 0 Å². The second kappa shape index (κ2) is 7.54. The van der Waals surface area contributed by atoms with Crippen LogP contribution in [0.5, 0.6) is 11.5 Å². The zero-order valence-corrected chi connectivity index (χ0v) is 14.3. The van der Waals surface area contributed by atoms with Crippen LogP contribution in [0, 0.1) is 11.3 Å². The van der Waals surface area contributed by atoms with Crippen molar-refractivity contribution in [3.8, 4) is 17.6 Å². The molecule has 0 saturated carbocycles. The van der Waals surface area contributed by atoms with Crippen molar-refractivity contribution in [3.63, 3.8) is 0 Å². The van der Waals surface area contributed by atoms with Crippen LogP contribution in [-0.4, -0.2) is 42.1 Å². The molecule has 13 heteroatoms. The Hall–Kier alpha value is -2.92.